The topological polar surface area (TPSA) is 78.8 Å². The SMILES string of the molecule is COCCNC(=O)c1ccc(B(O)O)c(Cl)c1. The molecule has 0 aromatic heterocycles. The van der Waals surface area contributed by atoms with Crippen LogP contribution in [0.2, 0.25) is 5.02 Å². The van der Waals surface area contributed by atoms with Crippen LogP contribution in [0.15, 0.2) is 18.2 Å². The van der Waals surface area contributed by atoms with E-state index in [1.807, 2.05) is 0 Å². The monoisotopic (exact) mass is 257 g/mol. The molecule has 0 aliphatic rings. The Morgan fingerprint density at radius 2 is 2.24 bits per heavy atom. The van der Waals surface area contributed by atoms with Crippen LogP contribution in [-0.2, 0) is 4.74 Å². The van der Waals surface area contributed by atoms with Gasteiger partial charge in [-0.2, -0.15) is 0 Å². The van der Waals surface area contributed by atoms with E-state index in [1.165, 1.54) is 18.2 Å². The minimum absolute atomic E-state index is 0.138. The summed E-state index contributed by atoms with van der Waals surface area (Å²) in [5, 5.41) is 20.7. The van der Waals surface area contributed by atoms with Crippen LogP contribution in [0.3, 0.4) is 0 Å². The number of methoxy groups -OCH3 is 1. The number of benzene rings is 1. The third-order valence-corrected chi connectivity index (χ3v) is 2.46. The summed E-state index contributed by atoms with van der Waals surface area (Å²) < 4.78 is 4.80. The molecule has 0 fully saturated rings. The number of carbonyl (C=O) groups is 1. The number of rotatable bonds is 5. The third-order valence-electron chi connectivity index (χ3n) is 2.13. The highest BCUT2D eigenvalue weighted by Crippen LogP contribution is 2.09. The highest BCUT2D eigenvalue weighted by Gasteiger charge is 2.16. The predicted octanol–water partition coefficient (Wildman–Crippen LogP) is -0.604. The molecular weight excluding hydrogens is 244 g/mol. The first-order chi connectivity index (χ1) is 8.06. The van der Waals surface area contributed by atoms with Crippen LogP contribution in [0.1, 0.15) is 10.4 Å². The van der Waals surface area contributed by atoms with Gasteiger partial charge in [-0.1, -0.05) is 17.7 Å². The van der Waals surface area contributed by atoms with Crippen molar-refractivity contribution in [2.24, 2.45) is 0 Å². The first-order valence-corrected chi connectivity index (χ1v) is 5.36. The van der Waals surface area contributed by atoms with E-state index in [1.54, 1.807) is 7.11 Å². The lowest BCUT2D eigenvalue weighted by Gasteiger charge is -2.07. The molecule has 0 heterocycles. The summed E-state index contributed by atoms with van der Waals surface area (Å²) in [5.74, 6) is -0.289. The number of nitrogens with one attached hydrogen (secondary N) is 1. The molecule has 92 valence electrons. The lowest BCUT2D eigenvalue weighted by Crippen LogP contribution is -2.32. The Kier molecular flexibility index (Phi) is 5.44. The quantitative estimate of drug-likeness (QED) is 0.486. The van der Waals surface area contributed by atoms with Crippen molar-refractivity contribution in [2.45, 2.75) is 0 Å². The summed E-state index contributed by atoms with van der Waals surface area (Å²) >= 11 is 5.81. The maximum Gasteiger partial charge on any atom is 0.489 e. The first kappa shape index (κ1) is 14.0. The normalized spacial score (nSPS) is 10.1. The molecule has 0 spiro atoms. The van der Waals surface area contributed by atoms with Gasteiger partial charge in [-0.05, 0) is 12.1 Å². The number of hydrogen-bond acceptors (Lipinski definition) is 4. The van der Waals surface area contributed by atoms with Crippen molar-refractivity contribution in [3.8, 4) is 0 Å². The molecule has 1 aromatic carbocycles. The number of halogens is 1. The molecule has 1 rings (SSSR count). The second-order valence-corrected chi connectivity index (χ2v) is 3.77. The summed E-state index contributed by atoms with van der Waals surface area (Å²) in [6.45, 7) is 0.824. The molecular formula is C10H13BClNO4. The van der Waals surface area contributed by atoms with Gasteiger partial charge in [0.25, 0.3) is 5.91 Å². The molecule has 0 bridgehead atoms. The van der Waals surface area contributed by atoms with E-state index in [4.69, 9.17) is 26.4 Å². The van der Waals surface area contributed by atoms with Gasteiger partial charge >= 0.3 is 7.12 Å². The molecule has 0 saturated carbocycles. The summed E-state index contributed by atoms with van der Waals surface area (Å²) in [6, 6.07) is 4.26. The van der Waals surface area contributed by atoms with E-state index >= 15 is 0 Å². The molecule has 0 atom stereocenters. The predicted molar refractivity (Wildman–Crippen MR) is 65.5 cm³/mol. The van der Waals surface area contributed by atoms with E-state index in [0.717, 1.165) is 0 Å². The van der Waals surface area contributed by atoms with Gasteiger partial charge in [0.05, 0.1) is 6.61 Å². The average molecular weight is 257 g/mol. The highest BCUT2D eigenvalue weighted by atomic mass is 35.5. The van der Waals surface area contributed by atoms with E-state index in [9.17, 15) is 4.79 Å². The van der Waals surface area contributed by atoms with Crippen LogP contribution in [-0.4, -0.2) is 43.3 Å². The van der Waals surface area contributed by atoms with Gasteiger partial charge in [-0.15, -0.1) is 0 Å². The van der Waals surface area contributed by atoms with E-state index < -0.39 is 7.12 Å². The molecule has 0 unspecified atom stereocenters. The van der Waals surface area contributed by atoms with Crippen molar-refractivity contribution in [1.29, 1.82) is 0 Å². The molecule has 1 aromatic rings. The van der Waals surface area contributed by atoms with Crippen molar-refractivity contribution in [3.05, 3.63) is 28.8 Å². The fraction of sp³-hybridized carbons (Fsp3) is 0.300. The lowest BCUT2D eigenvalue weighted by molar-refractivity contribution is 0.0937. The molecule has 7 heteroatoms. The van der Waals surface area contributed by atoms with Crippen LogP contribution in [0.4, 0.5) is 0 Å². The summed E-state index contributed by atoms with van der Waals surface area (Å²) in [6.07, 6.45) is 0. The zero-order chi connectivity index (χ0) is 12.8. The van der Waals surface area contributed by atoms with Gasteiger partial charge in [0, 0.05) is 29.7 Å². The Labute approximate surface area is 105 Å². The van der Waals surface area contributed by atoms with Crippen molar-refractivity contribution in [1.82, 2.24) is 5.32 Å². The second kappa shape index (κ2) is 6.61. The van der Waals surface area contributed by atoms with E-state index in [0.29, 0.717) is 18.7 Å². The van der Waals surface area contributed by atoms with Crippen LogP contribution in [0, 0.1) is 0 Å². The van der Waals surface area contributed by atoms with Crippen LogP contribution < -0.4 is 10.8 Å². The largest absolute Gasteiger partial charge is 0.489 e. The smallest absolute Gasteiger partial charge is 0.423 e. The van der Waals surface area contributed by atoms with E-state index in [-0.39, 0.29) is 16.4 Å². The summed E-state index contributed by atoms with van der Waals surface area (Å²) in [4.78, 5) is 11.6. The Hall–Kier alpha value is -1.08. The molecule has 1 amide bonds. The number of carbonyl (C=O) groups excluding carboxylic acids is 1. The maximum absolute atomic E-state index is 11.6. The molecule has 0 saturated heterocycles. The molecule has 0 aliphatic heterocycles. The Bertz CT molecular complexity index is 400. The number of amides is 1. The summed E-state index contributed by atoms with van der Waals surface area (Å²) in [5.41, 5.74) is 0.524. The van der Waals surface area contributed by atoms with Crippen molar-refractivity contribution in [2.75, 3.05) is 20.3 Å². The molecule has 0 radical (unpaired) electrons. The highest BCUT2D eigenvalue weighted by molar-refractivity contribution is 6.62. The maximum atomic E-state index is 11.6. The van der Waals surface area contributed by atoms with Gasteiger partial charge in [0.2, 0.25) is 0 Å². The van der Waals surface area contributed by atoms with Crippen molar-refractivity contribution in [3.63, 3.8) is 0 Å². The van der Waals surface area contributed by atoms with Gasteiger partial charge < -0.3 is 20.1 Å². The Morgan fingerprint density at radius 3 is 2.76 bits per heavy atom. The van der Waals surface area contributed by atoms with Crippen LogP contribution >= 0.6 is 11.6 Å². The first-order valence-electron chi connectivity index (χ1n) is 4.99. The van der Waals surface area contributed by atoms with Crippen molar-refractivity contribution < 1.29 is 19.6 Å². The Morgan fingerprint density at radius 1 is 1.53 bits per heavy atom. The molecule has 0 aliphatic carbocycles. The standard InChI is InChI=1S/C10H13BClNO4/c1-17-5-4-13-10(14)7-2-3-8(11(15)16)9(12)6-7/h2-3,6,15-16H,4-5H2,1H3,(H,13,14). The fourth-order valence-electron chi connectivity index (χ4n) is 1.25. The lowest BCUT2D eigenvalue weighted by atomic mass is 9.80. The third kappa shape index (κ3) is 4.01. The van der Waals surface area contributed by atoms with Gasteiger partial charge in [0.15, 0.2) is 0 Å². The zero-order valence-corrected chi connectivity index (χ0v) is 10.1. The minimum atomic E-state index is -1.65. The Balaban J connectivity index is 2.72. The van der Waals surface area contributed by atoms with Crippen molar-refractivity contribution >= 4 is 30.1 Å². The van der Waals surface area contributed by atoms with E-state index in [2.05, 4.69) is 5.32 Å². The van der Waals surface area contributed by atoms with Gasteiger partial charge in [-0.3, -0.25) is 4.79 Å². The van der Waals surface area contributed by atoms with Crippen LogP contribution in [0.5, 0.6) is 0 Å². The summed E-state index contributed by atoms with van der Waals surface area (Å²) in [7, 11) is -0.103. The van der Waals surface area contributed by atoms with Crippen LogP contribution in [0.25, 0.3) is 0 Å². The number of hydrogen-bond donors (Lipinski definition) is 3. The van der Waals surface area contributed by atoms with Gasteiger partial charge in [-0.25, -0.2) is 0 Å². The van der Waals surface area contributed by atoms with Gasteiger partial charge in [0.1, 0.15) is 0 Å². The fourth-order valence-corrected chi connectivity index (χ4v) is 1.52. The average Bonchev–Trinajstić information content (AvgIpc) is 2.28. The minimum Gasteiger partial charge on any atom is -0.423 e. The molecule has 17 heavy (non-hydrogen) atoms. The molecule has 5 nitrogen and oxygen atoms in total. The number of ether oxygens (including phenoxy) is 1. The molecule has 3 N–H and O–H groups in total. The zero-order valence-electron chi connectivity index (χ0n) is 9.31. The second-order valence-electron chi connectivity index (χ2n) is 3.36.